The lowest BCUT2D eigenvalue weighted by atomic mass is 9.78. The molecular weight excluding hydrogens is 270 g/mol. The Morgan fingerprint density at radius 3 is 2.95 bits per heavy atom. The van der Waals surface area contributed by atoms with Gasteiger partial charge in [0.2, 0.25) is 5.13 Å². The van der Waals surface area contributed by atoms with Crippen molar-refractivity contribution in [3.8, 4) is 0 Å². The molecule has 0 amide bonds. The number of rotatable bonds is 6. The summed E-state index contributed by atoms with van der Waals surface area (Å²) >= 11 is 1.46. The largest absolute Gasteiger partial charge is 0.367 e. The van der Waals surface area contributed by atoms with Crippen molar-refractivity contribution in [2.45, 2.75) is 59.0 Å². The van der Waals surface area contributed by atoms with Gasteiger partial charge in [0.15, 0.2) is 5.82 Å². The summed E-state index contributed by atoms with van der Waals surface area (Å²) in [6, 6.07) is 0. The molecule has 5 heteroatoms. The van der Waals surface area contributed by atoms with Crippen LogP contribution in [0.5, 0.6) is 0 Å². The smallest absolute Gasteiger partial charge is 0.202 e. The van der Waals surface area contributed by atoms with Crippen molar-refractivity contribution in [2.75, 3.05) is 18.5 Å². The summed E-state index contributed by atoms with van der Waals surface area (Å²) in [5.74, 6) is 2.19. The van der Waals surface area contributed by atoms with E-state index in [0.717, 1.165) is 36.9 Å². The summed E-state index contributed by atoms with van der Waals surface area (Å²) in [6.45, 7) is 10.4. The van der Waals surface area contributed by atoms with Crippen LogP contribution in [0.25, 0.3) is 0 Å². The minimum Gasteiger partial charge on any atom is -0.367 e. The Morgan fingerprint density at radius 1 is 1.50 bits per heavy atom. The van der Waals surface area contributed by atoms with Crippen molar-refractivity contribution in [2.24, 2.45) is 11.8 Å². The van der Waals surface area contributed by atoms with E-state index in [1.54, 1.807) is 0 Å². The third-order valence-corrected chi connectivity index (χ3v) is 4.54. The lowest BCUT2D eigenvalue weighted by Crippen LogP contribution is -2.36. The van der Waals surface area contributed by atoms with Crippen LogP contribution in [0.3, 0.4) is 0 Å². The fourth-order valence-electron chi connectivity index (χ4n) is 2.95. The van der Waals surface area contributed by atoms with Gasteiger partial charge in [-0.15, -0.1) is 0 Å². The van der Waals surface area contributed by atoms with E-state index in [1.807, 2.05) is 0 Å². The molecule has 1 fully saturated rings. The summed E-state index contributed by atoms with van der Waals surface area (Å²) in [6.07, 6.45) is 4.58. The van der Waals surface area contributed by atoms with Gasteiger partial charge in [0.25, 0.3) is 0 Å². The summed E-state index contributed by atoms with van der Waals surface area (Å²) in [5.41, 5.74) is -0.249. The minimum absolute atomic E-state index is 0.249. The fraction of sp³-hybridized carbons (Fsp3) is 0.867. The van der Waals surface area contributed by atoms with Crippen LogP contribution in [0.2, 0.25) is 0 Å². The second-order valence-corrected chi connectivity index (χ2v) is 7.08. The van der Waals surface area contributed by atoms with Crippen molar-refractivity contribution in [1.82, 2.24) is 9.36 Å². The van der Waals surface area contributed by atoms with Crippen LogP contribution >= 0.6 is 11.5 Å². The first kappa shape index (κ1) is 15.7. The molecule has 2 unspecified atom stereocenters. The topological polar surface area (TPSA) is 47.0 Å². The molecule has 0 saturated heterocycles. The van der Waals surface area contributed by atoms with Crippen LogP contribution in [0.4, 0.5) is 5.13 Å². The number of hydrogen-bond donors (Lipinski definition) is 1. The first-order valence-corrected chi connectivity index (χ1v) is 8.55. The molecule has 0 aromatic carbocycles. The molecule has 0 aliphatic heterocycles. The van der Waals surface area contributed by atoms with Crippen LogP contribution in [0.1, 0.15) is 59.2 Å². The van der Waals surface area contributed by atoms with Gasteiger partial charge in [-0.25, -0.2) is 4.98 Å². The molecule has 2 atom stereocenters. The Kier molecular flexibility index (Phi) is 5.38. The summed E-state index contributed by atoms with van der Waals surface area (Å²) in [7, 11) is 0. The van der Waals surface area contributed by atoms with Gasteiger partial charge in [-0.2, -0.15) is 4.37 Å². The Morgan fingerprint density at radius 2 is 2.30 bits per heavy atom. The SMILES string of the molecule is CCOC1(c2nsc(NCC(C)C)n2)CCCC(C)C1. The Bertz CT molecular complexity index is 417. The molecular formula is C15H27N3OS. The molecule has 2 rings (SSSR count). The van der Waals surface area contributed by atoms with Crippen LogP contribution in [-0.2, 0) is 10.3 Å². The Balaban J connectivity index is 2.13. The van der Waals surface area contributed by atoms with Gasteiger partial charge in [-0.1, -0.05) is 27.2 Å². The highest BCUT2D eigenvalue weighted by Gasteiger charge is 2.40. The van der Waals surface area contributed by atoms with Gasteiger partial charge in [-0.05, 0) is 38.0 Å². The molecule has 0 bridgehead atoms. The molecule has 1 aromatic heterocycles. The van der Waals surface area contributed by atoms with Crippen molar-refractivity contribution >= 4 is 16.7 Å². The molecule has 1 N–H and O–H groups in total. The minimum atomic E-state index is -0.249. The highest BCUT2D eigenvalue weighted by Crippen LogP contribution is 2.42. The maximum Gasteiger partial charge on any atom is 0.202 e. The summed E-state index contributed by atoms with van der Waals surface area (Å²) < 4.78 is 10.7. The monoisotopic (exact) mass is 297 g/mol. The van der Waals surface area contributed by atoms with Crippen molar-refractivity contribution in [1.29, 1.82) is 0 Å². The van der Waals surface area contributed by atoms with E-state index in [4.69, 9.17) is 9.72 Å². The Hall–Kier alpha value is -0.680. The zero-order chi connectivity index (χ0) is 14.6. The first-order valence-electron chi connectivity index (χ1n) is 7.77. The molecule has 20 heavy (non-hydrogen) atoms. The van der Waals surface area contributed by atoms with Gasteiger partial charge in [-0.3, -0.25) is 0 Å². The predicted molar refractivity (Wildman–Crippen MR) is 84.2 cm³/mol. The fourth-order valence-corrected chi connectivity index (χ4v) is 3.61. The van der Waals surface area contributed by atoms with Crippen molar-refractivity contribution in [3.63, 3.8) is 0 Å². The maximum absolute atomic E-state index is 6.12. The second-order valence-electron chi connectivity index (χ2n) is 6.33. The molecule has 1 aliphatic carbocycles. The van der Waals surface area contributed by atoms with E-state index in [1.165, 1.54) is 24.4 Å². The number of anilines is 1. The van der Waals surface area contributed by atoms with E-state index in [-0.39, 0.29) is 5.60 Å². The molecule has 4 nitrogen and oxygen atoms in total. The quantitative estimate of drug-likeness (QED) is 0.860. The van der Waals surface area contributed by atoms with E-state index in [9.17, 15) is 0 Å². The standard InChI is InChI=1S/C15H27N3OS/c1-5-19-15(8-6-7-12(4)9-15)13-17-14(20-18-13)16-10-11(2)3/h11-12H,5-10H2,1-4H3,(H,16,17,18). The molecule has 114 valence electrons. The molecule has 0 radical (unpaired) electrons. The van der Waals surface area contributed by atoms with Gasteiger partial charge in [0, 0.05) is 24.7 Å². The van der Waals surface area contributed by atoms with Crippen molar-refractivity contribution < 1.29 is 4.74 Å². The van der Waals surface area contributed by atoms with E-state index in [0.29, 0.717) is 11.8 Å². The number of hydrogen-bond acceptors (Lipinski definition) is 5. The second kappa shape index (κ2) is 6.85. The predicted octanol–water partition coefficient (Wildman–Crippen LogP) is 4.05. The normalized spacial score (nSPS) is 26.9. The van der Waals surface area contributed by atoms with Crippen LogP contribution < -0.4 is 5.32 Å². The zero-order valence-corrected chi connectivity index (χ0v) is 13.9. The molecule has 1 aliphatic rings. The van der Waals surface area contributed by atoms with Gasteiger partial charge in [0.1, 0.15) is 5.60 Å². The zero-order valence-electron chi connectivity index (χ0n) is 13.1. The van der Waals surface area contributed by atoms with Gasteiger partial charge < -0.3 is 10.1 Å². The molecule has 1 aromatic rings. The number of nitrogens with zero attached hydrogens (tertiary/aromatic N) is 2. The number of aromatic nitrogens is 2. The maximum atomic E-state index is 6.12. The van der Waals surface area contributed by atoms with Gasteiger partial charge >= 0.3 is 0 Å². The van der Waals surface area contributed by atoms with Crippen molar-refractivity contribution in [3.05, 3.63) is 5.82 Å². The highest BCUT2D eigenvalue weighted by molar-refractivity contribution is 7.09. The average Bonchev–Trinajstić information content (AvgIpc) is 2.86. The number of ether oxygens (including phenoxy) is 1. The summed E-state index contributed by atoms with van der Waals surface area (Å²) in [4.78, 5) is 4.70. The van der Waals surface area contributed by atoms with Gasteiger partial charge in [0.05, 0.1) is 0 Å². The Labute approximate surface area is 126 Å². The van der Waals surface area contributed by atoms with E-state index in [2.05, 4.69) is 37.4 Å². The first-order chi connectivity index (χ1) is 9.55. The molecule has 1 heterocycles. The lowest BCUT2D eigenvalue weighted by molar-refractivity contribution is -0.0872. The molecule has 1 saturated carbocycles. The number of nitrogens with one attached hydrogen (secondary N) is 1. The highest BCUT2D eigenvalue weighted by atomic mass is 32.1. The average molecular weight is 297 g/mol. The van der Waals surface area contributed by atoms with E-state index < -0.39 is 0 Å². The van der Waals surface area contributed by atoms with Crippen LogP contribution in [0.15, 0.2) is 0 Å². The lowest BCUT2D eigenvalue weighted by Gasteiger charge is -2.37. The van der Waals surface area contributed by atoms with E-state index >= 15 is 0 Å². The summed E-state index contributed by atoms with van der Waals surface area (Å²) in [5, 5.41) is 4.29. The third-order valence-electron chi connectivity index (χ3n) is 3.87. The molecule has 0 spiro atoms. The van der Waals surface area contributed by atoms with Crippen LogP contribution in [-0.4, -0.2) is 22.5 Å². The van der Waals surface area contributed by atoms with Crippen LogP contribution in [0, 0.1) is 11.8 Å². The third kappa shape index (κ3) is 3.70.